The van der Waals surface area contributed by atoms with E-state index in [2.05, 4.69) is 13.5 Å². The molecule has 0 saturated heterocycles. The quantitative estimate of drug-likeness (QED) is 0.0624. The van der Waals surface area contributed by atoms with E-state index in [4.69, 9.17) is 9.47 Å². The number of carbonyl (C=O) groups is 2. The van der Waals surface area contributed by atoms with Crippen LogP contribution in [0.2, 0.25) is 0 Å². The van der Waals surface area contributed by atoms with Gasteiger partial charge < -0.3 is 14.0 Å². The van der Waals surface area contributed by atoms with Crippen molar-refractivity contribution in [3.05, 3.63) is 12.7 Å². The molecule has 0 radical (unpaired) electrons. The minimum absolute atomic E-state index is 0. The van der Waals surface area contributed by atoms with Crippen LogP contribution in [0, 0.1) is 0 Å². The molecule has 0 aliphatic carbocycles. The monoisotopic (exact) mass is 526 g/mol. The first-order valence-electron chi connectivity index (χ1n) is 13.2. The molecule has 0 aromatic heterocycles. The zero-order valence-corrected chi connectivity index (χ0v) is 25.1. The Labute approximate surface area is 236 Å². The Balaban J connectivity index is 0. The van der Waals surface area contributed by atoms with E-state index >= 15 is 0 Å². The van der Waals surface area contributed by atoms with Gasteiger partial charge in [0.05, 0.1) is 19.6 Å². The summed E-state index contributed by atoms with van der Waals surface area (Å²) < 4.78 is 43.6. The van der Waals surface area contributed by atoms with E-state index < -0.39 is 33.7 Å². The van der Waals surface area contributed by atoms with E-state index in [1.165, 1.54) is 83.1 Å². The molecule has 9 heteroatoms. The molecule has 0 saturated carbocycles. The van der Waals surface area contributed by atoms with Crippen LogP contribution >= 0.6 is 0 Å². The third-order valence-corrected chi connectivity index (χ3v) is 6.85. The van der Waals surface area contributed by atoms with Gasteiger partial charge in [-0.2, -0.15) is 0 Å². The van der Waals surface area contributed by atoms with Gasteiger partial charge in [0.15, 0.2) is 5.25 Å². The summed E-state index contributed by atoms with van der Waals surface area (Å²) in [7, 11) is -5.01. The van der Waals surface area contributed by atoms with E-state index in [9.17, 15) is 22.6 Å². The number of esters is 2. The Bertz CT molecular complexity index is 638. The van der Waals surface area contributed by atoms with Gasteiger partial charge in [0.2, 0.25) is 0 Å². The number of unbranched alkanes of at least 4 members (excludes halogenated alkanes) is 15. The molecule has 0 amide bonds. The van der Waals surface area contributed by atoms with Crippen LogP contribution in [0.1, 0.15) is 122 Å². The number of hydrogen-bond acceptors (Lipinski definition) is 7. The van der Waals surface area contributed by atoms with Gasteiger partial charge in [-0.25, -0.2) is 8.42 Å². The number of hydrogen-bond donors (Lipinski definition) is 0. The van der Waals surface area contributed by atoms with Gasteiger partial charge >= 0.3 is 41.5 Å². The van der Waals surface area contributed by atoms with Crippen molar-refractivity contribution in [2.75, 3.05) is 13.2 Å². The molecule has 0 N–H and O–H groups in total. The third-order valence-electron chi connectivity index (χ3n) is 5.79. The summed E-state index contributed by atoms with van der Waals surface area (Å²) in [5.74, 6) is -2.11. The molecule has 0 spiro atoms. The smallest absolute Gasteiger partial charge is 0.747 e. The van der Waals surface area contributed by atoms with Crippen LogP contribution in [0.15, 0.2) is 12.7 Å². The van der Waals surface area contributed by atoms with Crippen LogP contribution in [-0.4, -0.2) is 43.4 Å². The maximum Gasteiger partial charge on any atom is 1.00 e. The van der Waals surface area contributed by atoms with Crippen molar-refractivity contribution in [3.63, 3.8) is 0 Å². The van der Waals surface area contributed by atoms with Crippen molar-refractivity contribution < 1.29 is 61.6 Å². The summed E-state index contributed by atoms with van der Waals surface area (Å²) in [4.78, 5) is 23.6. The fourth-order valence-electron chi connectivity index (χ4n) is 3.69. The maximum atomic E-state index is 11.8. The molecule has 0 aliphatic rings. The second-order valence-electron chi connectivity index (χ2n) is 8.95. The van der Waals surface area contributed by atoms with E-state index in [0.717, 1.165) is 19.3 Å². The minimum Gasteiger partial charge on any atom is -0.747 e. The van der Waals surface area contributed by atoms with Crippen LogP contribution in [0.25, 0.3) is 0 Å². The Hall–Kier alpha value is -0.410. The van der Waals surface area contributed by atoms with Crippen molar-refractivity contribution in [1.82, 2.24) is 0 Å². The first-order chi connectivity index (χ1) is 16.3. The standard InChI is InChI=1S/C26H48O7S.Na/c1-3-5-7-8-9-10-11-12-13-14-15-16-17-18-19-20-22-32-25(27)23-24(34(29,30)31)26(28)33-21-6-4-2;/h4,24H,2-3,5-23H2,1H3,(H,29,30,31);/q;+1/p-1. The van der Waals surface area contributed by atoms with Gasteiger partial charge in [0.1, 0.15) is 10.1 Å². The van der Waals surface area contributed by atoms with Gasteiger partial charge in [0.25, 0.3) is 0 Å². The van der Waals surface area contributed by atoms with Gasteiger partial charge in [-0.1, -0.05) is 109 Å². The van der Waals surface area contributed by atoms with Gasteiger partial charge in [-0.3, -0.25) is 9.59 Å². The number of carbonyl (C=O) groups excluding carboxylic acids is 2. The van der Waals surface area contributed by atoms with Crippen LogP contribution in [0.5, 0.6) is 0 Å². The summed E-state index contributed by atoms with van der Waals surface area (Å²) in [5.41, 5.74) is 0. The average Bonchev–Trinajstić information content (AvgIpc) is 2.78. The molecular formula is C26H47NaO7S. The summed E-state index contributed by atoms with van der Waals surface area (Å²) in [5, 5.41) is -2.07. The minimum atomic E-state index is -5.01. The molecule has 0 aromatic rings. The Morgan fingerprint density at radius 3 is 1.60 bits per heavy atom. The van der Waals surface area contributed by atoms with Crippen LogP contribution in [0.4, 0.5) is 0 Å². The van der Waals surface area contributed by atoms with Gasteiger partial charge in [-0.15, -0.1) is 6.58 Å². The topological polar surface area (TPSA) is 110 Å². The molecule has 1 unspecified atom stereocenters. The Morgan fingerprint density at radius 1 is 0.771 bits per heavy atom. The summed E-state index contributed by atoms with van der Waals surface area (Å²) in [6, 6.07) is 0. The summed E-state index contributed by atoms with van der Waals surface area (Å²) >= 11 is 0. The molecule has 200 valence electrons. The molecule has 0 rings (SSSR count). The molecule has 1 atom stereocenters. The molecule has 0 fully saturated rings. The predicted octanol–water partition coefficient (Wildman–Crippen LogP) is 3.22. The molecule has 0 aliphatic heterocycles. The van der Waals surface area contributed by atoms with Crippen molar-refractivity contribution >= 4 is 22.1 Å². The van der Waals surface area contributed by atoms with Crippen LogP contribution < -0.4 is 29.6 Å². The maximum absolute atomic E-state index is 11.8. The summed E-state index contributed by atoms with van der Waals surface area (Å²) in [6.45, 7) is 5.75. The van der Waals surface area contributed by atoms with Crippen molar-refractivity contribution in [3.8, 4) is 0 Å². The van der Waals surface area contributed by atoms with Crippen molar-refractivity contribution in [1.29, 1.82) is 0 Å². The second kappa shape index (κ2) is 25.2. The zero-order valence-electron chi connectivity index (χ0n) is 22.3. The molecule has 0 aromatic carbocycles. The SMILES string of the molecule is C=CCCOC(=O)C(CC(=O)OCCCCCCCCCCCCCCCCCC)S(=O)(=O)[O-].[Na+]. The Morgan fingerprint density at radius 2 is 1.20 bits per heavy atom. The zero-order chi connectivity index (χ0) is 25.5. The first-order valence-corrected chi connectivity index (χ1v) is 14.7. The average molecular weight is 527 g/mol. The first kappa shape index (κ1) is 36.7. The van der Waals surface area contributed by atoms with E-state index in [0.29, 0.717) is 12.8 Å². The molecular weight excluding hydrogens is 479 g/mol. The Kier molecular flexibility index (Phi) is 26.5. The van der Waals surface area contributed by atoms with E-state index in [-0.39, 0.29) is 42.8 Å². The molecule has 0 bridgehead atoms. The second-order valence-corrected chi connectivity index (χ2v) is 10.5. The van der Waals surface area contributed by atoms with Gasteiger partial charge in [0, 0.05) is 0 Å². The fourth-order valence-corrected chi connectivity index (χ4v) is 4.33. The van der Waals surface area contributed by atoms with Crippen molar-refractivity contribution in [2.24, 2.45) is 0 Å². The van der Waals surface area contributed by atoms with E-state index in [1.807, 2.05) is 0 Å². The van der Waals surface area contributed by atoms with Gasteiger partial charge in [-0.05, 0) is 12.8 Å². The van der Waals surface area contributed by atoms with Crippen LogP contribution in [-0.2, 0) is 29.2 Å². The number of rotatable bonds is 24. The predicted molar refractivity (Wildman–Crippen MR) is 134 cm³/mol. The fraction of sp³-hybridized carbons (Fsp3) is 0.846. The van der Waals surface area contributed by atoms with Crippen molar-refractivity contribution in [2.45, 2.75) is 128 Å². The molecule has 35 heavy (non-hydrogen) atoms. The van der Waals surface area contributed by atoms with Crippen LogP contribution in [0.3, 0.4) is 0 Å². The third kappa shape index (κ3) is 23.7. The molecule has 0 heterocycles. The van der Waals surface area contributed by atoms with E-state index in [1.54, 1.807) is 0 Å². The summed E-state index contributed by atoms with van der Waals surface area (Å²) in [6.07, 6.45) is 20.8. The number of ether oxygens (including phenoxy) is 2. The normalized spacial score (nSPS) is 11.9. The largest absolute Gasteiger partial charge is 1.00 e. The molecule has 7 nitrogen and oxygen atoms in total.